The molecule has 1 heterocycles. The molecule has 0 saturated carbocycles. The third kappa shape index (κ3) is 9.98. The van der Waals surface area contributed by atoms with Crippen molar-refractivity contribution < 1.29 is 4.79 Å². The second-order valence-corrected chi connectivity index (χ2v) is 7.92. The summed E-state index contributed by atoms with van der Waals surface area (Å²) < 4.78 is 0. The molecule has 6 nitrogen and oxygen atoms in total. The van der Waals surface area contributed by atoms with Gasteiger partial charge in [0, 0.05) is 29.9 Å². The Kier molecular flexibility index (Phi) is 11.2. The highest BCUT2D eigenvalue weighted by atomic mass is 127. The van der Waals surface area contributed by atoms with Crippen molar-refractivity contribution in [1.29, 1.82) is 0 Å². The molecule has 0 aromatic carbocycles. The zero-order valence-corrected chi connectivity index (χ0v) is 19.3. The minimum absolute atomic E-state index is 0. The number of guanidine groups is 1. The number of aryl methyl sites for hydroxylation is 2. The lowest BCUT2D eigenvalue weighted by Crippen LogP contribution is -2.43. The van der Waals surface area contributed by atoms with Gasteiger partial charge in [0.25, 0.3) is 0 Å². The van der Waals surface area contributed by atoms with Crippen molar-refractivity contribution in [3.05, 3.63) is 15.6 Å². The summed E-state index contributed by atoms with van der Waals surface area (Å²) in [6.07, 6.45) is 1.83. The normalized spacial score (nSPS) is 11.7. The molecule has 1 aromatic heterocycles. The number of nitrogens with zero attached hydrogens (tertiary/aromatic N) is 2. The van der Waals surface area contributed by atoms with E-state index >= 15 is 0 Å². The average Bonchev–Trinajstić information content (AvgIpc) is 2.83. The molecular weight excluding hydrogens is 449 g/mol. The number of carbonyl (C=O) groups excluding carboxylic acids is 1. The summed E-state index contributed by atoms with van der Waals surface area (Å²) in [5.41, 5.74) is 0.951. The Balaban J connectivity index is 0.00000576. The molecule has 1 rings (SSSR count). The third-order valence-corrected chi connectivity index (χ3v) is 4.22. The van der Waals surface area contributed by atoms with E-state index in [1.165, 1.54) is 10.6 Å². The summed E-state index contributed by atoms with van der Waals surface area (Å²) in [6.45, 7) is 13.7. The van der Waals surface area contributed by atoms with Crippen molar-refractivity contribution in [3.8, 4) is 0 Å². The number of halogens is 1. The van der Waals surface area contributed by atoms with Crippen molar-refractivity contribution in [1.82, 2.24) is 20.9 Å². The van der Waals surface area contributed by atoms with Crippen LogP contribution in [-0.2, 0) is 17.6 Å². The minimum Gasteiger partial charge on any atom is -0.357 e. The van der Waals surface area contributed by atoms with Gasteiger partial charge in [-0.15, -0.1) is 35.3 Å². The van der Waals surface area contributed by atoms with E-state index in [4.69, 9.17) is 0 Å². The van der Waals surface area contributed by atoms with E-state index in [9.17, 15) is 4.79 Å². The highest BCUT2D eigenvalue weighted by Crippen LogP contribution is 2.17. The number of hydrogen-bond acceptors (Lipinski definition) is 4. The van der Waals surface area contributed by atoms with Crippen LogP contribution < -0.4 is 16.0 Å². The predicted molar refractivity (Wildman–Crippen MR) is 117 cm³/mol. The van der Waals surface area contributed by atoms with Crippen molar-refractivity contribution in [2.75, 3.05) is 19.6 Å². The molecule has 0 aliphatic rings. The lowest BCUT2D eigenvalue weighted by Gasteiger charge is -2.20. The Morgan fingerprint density at radius 3 is 2.44 bits per heavy atom. The number of aliphatic imine (C=N–C) groups is 1. The lowest BCUT2D eigenvalue weighted by molar-refractivity contribution is -0.121. The Bertz CT molecular complexity index is 566. The summed E-state index contributed by atoms with van der Waals surface area (Å²) in [4.78, 5) is 22.1. The molecule has 0 radical (unpaired) electrons. The van der Waals surface area contributed by atoms with Crippen LogP contribution in [0.25, 0.3) is 0 Å². The van der Waals surface area contributed by atoms with E-state index in [0.29, 0.717) is 5.96 Å². The Morgan fingerprint density at radius 1 is 1.24 bits per heavy atom. The fourth-order valence-corrected chi connectivity index (χ4v) is 3.18. The SMILES string of the molecule is CCNC(=NCC(=O)NC(C)(C)C)NCCc1nc(CC)c(C)s1.I. The van der Waals surface area contributed by atoms with E-state index in [1.54, 1.807) is 11.3 Å². The molecular formula is C17H32IN5OS. The quantitative estimate of drug-likeness (QED) is 0.318. The fourth-order valence-electron chi connectivity index (χ4n) is 2.16. The van der Waals surface area contributed by atoms with Crippen LogP contribution in [0.4, 0.5) is 0 Å². The first-order valence-electron chi connectivity index (χ1n) is 8.53. The summed E-state index contributed by atoms with van der Waals surface area (Å²) in [5.74, 6) is 0.577. The van der Waals surface area contributed by atoms with Gasteiger partial charge in [0.15, 0.2) is 5.96 Å². The maximum absolute atomic E-state index is 11.9. The maximum atomic E-state index is 11.9. The Morgan fingerprint density at radius 2 is 1.92 bits per heavy atom. The van der Waals surface area contributed by atoms with Gasteiger partial charge in [0.05, 0.1) is 10.7 Å². The smallest absolute Gasteiger partial charge is 0.242 e. The van der Waals surface area contributed by atoms with Gasteiger partial charge in [-0.2, -0.15) is 0 Å². The van der Waals surface area contributed by atoms with E-state index in [0.717, 1.165) is 30.9 Å². The second-order valence-electron chi connectivity index (χ2n) is 6.63. The molecule has 0 unspecified atom stereocenters. The number of thiazole rings is 1. The van der Waals surface area contributed by atoms with Crippen LogP contribution in [0.3, 0.4) is 0 Å². The number of hydrogen-bond donors (Lipinski definition) is 3. The zero-order chi connectivity index (χ0) is 18.2. The van der Waals surface area contributed by atoms with Crippen LogP contribution >= 0.6 is 35.3 Å². The standard InChI is InChI=1S/C17H31N5OS.HI/c1-7-13-12(3)24-15(21-13)9-10-19-16(18-8-2)20-11-14(23)22-17(4,5)6;/h7-11H2,1-6H3,(H,22,23)(H2,18,19,20);1H. The zero-order valence-electron chi connectivity index (χ0n) is 16.2. The van der Waals surface area contributed by atoms with Crippen LogP contribution in [0.1, 0.15) is 50.2 Å². The van der Waals surface area contributed by atoms with Gasteiger partial charge in [-0.05, 0) is 41.0 Å². The van der Waals surface area contributed by atoms with Crippen LogP contribution in [0.2, 0.25) is 0 Å². The third-order valence-electron chi connectivity index (χ3n) is 3.14. The molecule has 144 valence electrons. The average molecular weight is 481 g/mol. The van der Waals surface area contributed by atoms with E-state index in [-0.39, 0.29) is 42.0 Å². The van der Waals surface area contributed by atoms with E-state index in [2.05, 4.69) is 39.8 Å². The van der Waals surface area contributed by atoms with Crippen LogP contribution in [0, 0.1) is 6.92 Å². The predicted octanol–water partition coefficient (Wildman–Crippen LogP) is 2.64. The topological polar surface area (TPSA) is 78.4 Å². The first-order chi connectivity index (χ1) is 11.2. The van der Waals surface area contributed by atoms with Crippen LogP contribution in [0.5, 0.6) is 0 Å². The molecule has 25 heavy (non-hydrogen) atoms. The van der Waals surface area contributed by atoms with E-state index in [1.807, 2.05) is 27.7 Å². The van der Waals surface area contributed by atoms with Gasteiger partial charge in [-0.3, -0.25) is 4.79 Å². The van der Waals surface area contributed by atoms with Crippen molar-refractivity contribution in [2.45, 2.75) is 59.9 Å². The van der Waals surface area contributed by atoms with Gasteiger partial charge in [0.2, 0.25) is 5.91 Å². The molecule has 0 atom stereocenters. The van der Waals surface area contributed by atoms with Crippen LogP contribution in [-0.4, -0.2) is 42.0 Å². The molecule has 1 aromatic rings. The monoisotopic (exact) mass is 481 g/mol. The van der Waals surface area contributed by atoms with Gasteiger partial charge in [0.1, 0.15) is 6.54 Å². The minimum atomic E-state index is -0.238. The number of amides is 1. The Labute approximate surface area is 172 Å². The highest BCUT2D eigenvalue weighted by Gasteiger charge is 2.13. The molecule has 0 fully saturated rings. The summed E-state index contributed by atoms with van der Waals surface area (Å²) in [5, 5.41) is 10.5. The number of rotatable bonds is 7. The Hall–Kier alpha value is -0.900. The molecule has 0 bridgehead atoms. The first-order valence-corrected chi connectivity index (χ1v) is 9.35. The first kappa shape index (κ1) is 24.1. The molecule has 0 aliphatic carbocycles. The summed E-state index contributed by atoms with van der Waals surface area (Å²) in [6, 6.07) is 0. The number of aromatic nitrogens is 1. The molecule has 0 spiro atoms. The molecule has 1 amide bonds. The maximum Gasteiger partial charge on any atom is 0.242 e. The molecule has 0 aliphatic heterocycles. The van der Waals surface area contributed by atoms with Crippen molar-refractivity contribution in [3.63, 3.8) is 0 Å². The van der Waals surface area contributed by atoms with Gasteiger partial charge >= 0.3 is 0 Å². The summed E-state index contributed by atoms with van der Waals surface area (Å²) >= 11 is 1.75. The number of nitrogens with one attached hydrogen (secondary N) is 3. The molecule has 0 saturated heterocycles. The highest BCUT2D eigenvalue weighted by molar-refractivity contribution is 14.0. The van der Waals surface area contributed by atoms with E-state index < -0.39 is 0 Å². The largest absolute Gasteiger partial charge is 0.357 e. The van der Waals surface area contributed by atoms with Gasteiger partial charge in [-0.1, -0.05) is 6.92 Å². The van der Waals surface area contributed by atoms with Crippen molar-refractivity contribution in [2.24, 2.45) is 4.99 Å². The summed E-state index contributed by atoms with van der Waals surface area (Å²) in [7, 11) is 0. The second kappa shape index (κ2) is 11.7. The van der Waals surface area contributed by atoms with Gasteiger partial charge < -0.3 is 16.0 Å². The van der Waals surface area contributed by atoms with Crippen molar-refractivity contribution >= 4 is 47.2 Å². The van der Waals surface area contributed by atoms with Crippen LogP contribution in [0.15, 0.2) is 4.99 Å². The lowest BCUT2D eigenvalue weighted by atomic mass is 10.1. The number of carbonyl (C=O) groups is 1. The molecule has 8 heteroatoms. The van der Waals surface area contributed by atoms with Gasteiger partial charge in [-0.25, -0.2) is 9.98 Å². The fraction of sp³-hybridized carbons (Fsp3) is 0.706. The molecule has 3 N–H and O–H groups in total.